The summed E-state index contributed by atoms with van der Waals surface area (Å²) in [5, 5.41) is 14.9. The lowest BCUT2D eigenvalue weighted by molar-refractivity contribution is -0.386. The highest BCUT2D eigenvalue weighted by Gasteiger charge is 2.22. The number of carbonyl (C=O) groups excluding carboxylic acids is 2. The molecule has 0 aliphatic rings. The second-order valence-corrected chi connectivity index (χ2v) is 4.80. The first-order valence-corrected chi connectivity index (χ1v) is 6.72. The smallest absolute Gasteiger partial charge is 0.271 e. The van der Waals surface area contributed by atoms with E-state index < -0.39 is 16.7 Å². The summed E-state index contributed by atoms with van der Waals surface area (Å²) in [5.74, 6) is -1.01. The molecule has 2 N–H and O–H groups in total. The Morgan fingerprint density at radius 2 is 1.87 bits per heavy atom. The van der Waals surface area contributed by atoms with Crippen molar-refractivity contribution in [1.82, 2.24) is 20.6 Å². The van der Waals surface area contributed by atoms with E-state index in [0.29, 0.717) is 5.56 Å². The Morgan fingerprint density at radius 1 is 1.22 bits per heavy atom. The SMILES string of the molecule is Cc1nn(CC(=O)NNC(=O)c2ccccc2)c(C)c1[N+](=O)[O-]. The highest BCUT2D eigenvalue weighted by atomic mass is 16.6. The number of benzene rings is 1. The highest BCUT2D eigenvalue weighted by Crippen LogP contribution is 2.21. The molecule has 0 radical (unpaired) electrons. The molecule has 1 heterocycles. The van der Waals surface area contributed by atoms with Gasteiger partial charge in [-0.3, -0.25) is 35.2 Å². The van der Waals surface area contributed by atoms with Gasteiger partial charge in [0.15, 0.2) is 0 Å². The molecule has 0 bridgehead atoms. The summed E-state index contributed by atoms with van der Waals surface area (Å²) in [6.07, 6.45) is 0. The van der Waals surface area contributed by atoms with Gasteiger partial charge in [-0.05, 0) is 26.0 Å². The van der Waals surface area contributed by atoms with E-state index in [1.54, 1.807) is 30.3 Å². The lowest BCUT2D eigenvalue weighted by Gasteiger charge is -2.08. The number of nitro groups is 1. The molecule has 0 atom stereocenters. The van der Waals surface area contributed by atoms with Crippen molar-refractivity contribution in [2.45, 2.75) is 20.4 Å². The zero-order valence-electron chi connectivity index (χ0n) is 12.6. The number of carbonyl (C=O) groups is 2. The molecule has 1 aromatic heterocycles. The summed E-state index contributed by atoms with van der Waals surface area (Å²) in [4.78, 5) is 34.0. The van der Waals surface area contributed by atoms with Crippen LogP contribution < -0.4 is 10.9 Å². The van der Waals surface area contributed by atoms with Crippen molar-refractivity contribution in [2.75, 3.05) is 0 Å². The summed E-state index contributed by atoms with van der Waals surface area (Å²) >= 11 is 0. The molecule has 9 nitrogen and oxygen atoms in total. The van der Waals surface area contributed by atoms with Crippen LogP contribution in [0.5, 0.6) is 0 Å². The van der Waals surface area contributed by atoms with Crippen molar-refractivity contribution in [1.29, 1.82) is 0 Å². The fourth-order valence-electron chi connectivity index (χ4n) is 2.07. The van der Waals surface area contributed by atoms with Crippen LogP contribution in [-0.2, 0) is 11.3 Å². The Balaban J connectivity index is 1.97. The van der Waals surface area contributed by atoms with Gasteiger partial charge in [-0.25, -0.2) is 0 Å². The van der Waals surface area contributed by atoms with E-state index in [9.17, 15) is 19.7 Å². The van der Waals surface area contributed by atoms with E-state index in [1.807, 2.05) is 0 Å². The van der Waals surface area contributed by atoms with Crippen molar-refractivity contribution >= 4 is 17.5 Å². The minimum atomic E-state index is -0.547. The maximum absolute atomic E-state index is 11.8. The number of amides is 2. The van der Waals surface area contributed by atoms with Crippen LogP contribution in [0.15, 0.2) is 30.3 Å². The summed E-state index contributed by atoms with van der Waals surface area (Å²) in [7, 11) is 0. The Hall–Kier alpha value is -3.23. The van der Waals surface area contributed by atoms with Crippen LogP contribution in [0.1, 0.15) is 21.7 Å². The predicted molar refractivity (Wildman–Crippen MR) is 80.4 cm³/mol. The highest BCUT2D eigenvalue weighted by molar-refractivity contribution is 5.95. The molecular formula is C14H15N5O4. The topological polar surface area (TPSA) is 119 Å². The molecule has 23 heavy (non-hydrogen) atoms. The van der Waals surface area contributed by atoms with Gasteiger partial charge in [0.25, 0.3) is 11.8 Å². The number of hydrazine groups is 1. The van der Waals surface area contributed by atoms with Gasteiger partial charge in [0.1, 0.15) is 17.9 Å². The van der Waals surface area contributed by atoms with E-state index in [0.717, 1.165) is 0 Å². The van der Waals surface area contributed by atoms with E-state index in [1.165, 1.54) is 18.5 Å². The van der Waals surface area contributed by atoms with Gasteiger partial charge < -0.3 is 0 Å². The van der Waals surface area contributed by atoms with Crippen LogP contribution >= 0.6 is 0 Å². The summed E-state index contributed by atoms with van der Waals surface area (Å²) < 4.78 is 1.22. The maximum Gasteiger partial charge on any atom is 0.312 e. The third-order valence-electron chi connectivity index (χ3n) is 3.17. The first kappa shape index (κ1) is 16.1. The van der Waals surface area contributed by atoms with Crippen LogP contribution in [0.3, 0.4) is 0 Å². The number of aromatic nitrogens is 2. The predicted octanol–water partition coefficient (Wildman–Crippen LogP) is 0.869. The number of hydrogen-bond donors (Lipinski definition) is 2. The van der Waals surface area contributed by atoms with Crippen molar-refractivity contribution in [3.8, 4) is 0 Å². The zero-order valence-corrected chi connectivity index (χ0v) is 12.6. The second-order valence-electron chi connectivity index (χ2n) is 4.80. The van der Waals surface area contributed by atoms with Crippen molar-refractivity contribution < 1.29 is 14.5 Å². The minimum Gasteiger partial charge on any atom is -0.271 e. The van der Waals surface area contributed by atoms with Gasteiger partial charge in [0.2, 0.25) is 0 Å². The molecule has 1 aromatic carbocycles. The van der Waals surface area contributed by atoms with E-state index in [4.69, 9.17) is 0 Å². The van der Waals surface area contributed by atoms with Crippen molar-refractivity contribution in [3.63, 3.8) is 0 Å². The van der Waals surface area contributed by atoms with Crippen LogP contribution in [0.4, 0.5) is 5.69 Å². The quantitative estimate of drug-likeness (QED) is 0.640. The number of rotatable bonds is 4. The maximum atomic E-state index is 11.8. The molecule has 0 spiro atoms. The van der Waals surface area contributed by atoms with E-state index in [-0.39, 0.29) is 23.6 Å². The number of nitrogens with zero attached hydrogens (tertiary/aromatic N) is 3. The Kier molecular flexibility index (Phi) is 4.69. The summed E-state index contributed by atoms with van der Waals surface area (Å²) in [6, 6.07) is 8.38. The van der Waals surface area contributed by atoms with Crippen LogP contribution in [0, 0.1) is 24.0 Å². The van der Waals surface area contributed by atoms with Crippen LogP contribution in [0.2, 0.25) is 0 Å². The molecule has 120 valence electrons. The molecule has 2 rings (SSSR count). The molecule has 2 amide bonds. The standard InChI is InChI=1S/C14H15N5O4/c1-9-13(19(22)23)10(2)18(17-9)8-12(20)15-16-14(21)11-6-4-3-5-7-11/h3-7H,8H2,1-2H3,(H,15,20)(H,16,21). The Labute approximate surface area is 131 Å². The normalized spacial score (nSPS) is 10.2. The molecule has 0 unspecified atom stereocenters. The minimum absolute atomic E-state index is 0.119. The van der Waals surface area contributed by atoms with Gasteiger partial charge in [0, 0.05) is 5.56 Å². The molecule has 0 fully saturated rings. The Bertz CT molecular complexity index is 754. The van der Waals surface area contributed by atoms with Crippen LogP contribution in [0.25, 0.3) is 0 Å². The number of hydrogen-bond acceptors (Lipinski definition) is 5. The molecule has 2 aromatic rings. The molecule has 0 saturated heterocycles. The van der Waals surface area contributed by atoms with Gasteiger partial charge >= 0.3 is 5.69 Å². The number of nitrogens with one attached hydrogen (secondary N) is 2. The second kappa shape index (κ2) is 6.69. The van der Waals surface area contributed by atoms with Crippen molar-refractivity contribution in [2.24, 2.45) is 0 Å². The fourth-order valence-corrected chi connectivity index (χ4v) is 2.07. The van der Waals surface area contributed by atoms with E-state index in [2.05, 4.69) is 16.0 Å². The number of aryl methyl sites for hydroxylation is 1. The van der Waals surface area contributed by atoms with Crippen LogP contribution in [-0.4, -0.2) is 26.5 Å². The first-order valence-electron chi connectivity index (χ1n) is 6.72. The van der Waals surface area contributed by atoms with Crippen molar-refractivity contribution in [3.05, 3.63) is 57.4 Å². The third-order valence-corrected chi connectivity index (χ3v) is 3.17. The lowest BCUT2D eigenvalue weighted by Crippen LogP contribution is -2.43. The van der Waals surface area contributed by atoms with Gasteiger partial charge in [0.05, 0.1) is 4.92 Å². The third kappa shape index (κ3) is 3.70. The zero-order chi connectivity index (χ0) is 17.0. The lowest BCUT2D eigenvalue weighted by atomic mass is 10.2. The fraction of sp³-hybridized carbons (Fsp3) is 0.214. The average molecular weight is 317 g/mol. The molecular weight excluding hydrogens is 302 g/mol. The van der Waals surface area contributed by atoms with Gasteiger partial charge in [-0.2, -0.15) is 5.10 Å². The molecule has 0 saturated carbocycles. The Morgan fingerprint density at radius 3 is 2.43 bits per heavy atom. The average Bonchev–Trinajstić information content (AvgIpc) is 2.79. The summed E-state index contributed by atoms with van der Waals surface area (Å²) in [5.41, 5.74) is 5.30. The summed E-state index contributed by atoms with van der Waals surface area (Å²) in [6.45, 7) is 2.76. The largest absolute Gasteiger partial charge is 0.312 e. The van der Waals surface area contributed by atoms with Gasteiger partial charge in [-0.1, -0.05) is 18.2 Å². The monoisotopic (exact) mass is 317 g/mol. The molecule has 0 aliphatic carbocycles. The van der Waals surface area contributed by atoms with Gasteiger partial charge in [-0.15, -0.1) is 0 Å². The molecule has 0 aliphatic heterocycles. The van der Waals surface area contributed by atoms with E-state index >= 15 is 0 Å². The molecule has 9 heteroatoms. The first-order chi connectivity index (χ1) is 10.9.